The van der Waals surface area contributed by atoms with Crippen LogP contribution in [-0.4, -0.2) is 36.0 Å². The van der Waals surface area contributed by atoms with Gasteiger partial charge in [-0.2, -0.15) is 4.98 Å². The monoisotopic (exact) mass is 249 g/mol. The molecule has 2 heterocycles. The number of hydrogen-bond donors (Lipinski definition) is 2. The van der Waals surface area contributed by atoms with Crippen molar-refractivity contribution in [2.45, 2.75) is 19.8 Å². The molecule has 0 saturated carbocycles. The van der Waals surface area contributed by atoms with Crippen molar-refractivity contribution in [1.82, 2.24) is 9.97 Å². The van der Waals surface area contributed by atoms with Crippen LogP contribution in [0.15, 0.2) is 6.20 Å². The van der Waals surface area contributed by atoms with Gasteiger partial charge in [0.25, 0.3) is 0 Å². The molecule has 1 atom stereocenters. The van der Waals surface area contributed by atoms with Crippen LogP contribution in [0.2, 0.25) is 0 Å². The molecule has 1 aromatic heterocycles. The lowest BCUT2D eigenvalue weighted by molar-refractivity contribution is -0.122. The van der Waals surface area contributed by atoms with Gasteiger partial charge >= 0.3 is 0 Å². The number of carbonyl (C=O) groups is 1. The fourth-order valence-corrected chi connectivity index (χ4v) is 2.28. The molecule has 1 aliphatic heterocycles. The molecule has 1 unspecified atom stereocenters. The molecule has 98 valence electrons. The van der Waals surface area contributed by atoms with E-state index in [4.69, 9.17) is 5.73 Å². The van der Waals surface area contributed by atoms with Gasteiger partial charge in [-0.25, -0.2) is 4.98 Å². The molecule has 1 aliphatic rings. The SMILES string of the molecule is CNc1ncc(C)c(N2CCCC(C(N)=O)C2)n1. The first-order valence-electron chi connectivity index (χ1n) is 6.17. The molecule has 1 saturated heterocycles. The predicted molar refractivity (Wildman–Crippen MR) is 70.4 cm³/mol. The van der Waals surface area contributed by atoms with E-state index in [1.807, 2.05) is 6.92 Å². The van der Waals surface area contributed by atoms with E-state index in [1.165, 1.54) is 0 Å². The van der Waals surface area contributed by atoms with Crippen LogP contribution in [0.4, 0.5) is 11.8 Å². The predicted octanol–water partition coefficient (Wildman–Crippen LogP) is 0.528. The Morgan fingerprint density at radius 2 is 2.39 bits per heavy atom. The van der Waals surface area contributed by atoms with Gasteiger partial charge in [0.1, 0.15) is 5.82 Å². The van der Waals surface area contributed by atoms with Crippen molar-refractivity contribution in [3.05, 3.63) is 11.8 Å². The largest absolute Gasteiger partial charge is 0.369 e. The topological polar surface area (TPSA) is 84.1 Å². The number of aryl methyl sites for hydroxylation is 1. The Kier molecular flexibility index (Phi) is 3.64. The zero-order valence-electron chi connectivity index (χ0n) is 10.8. The summed E-state index contributed by atoms with van der Waals surface area (Å²) in [7, 11) is 1.79. The smallest absolute Gasteiger partial charge is 0.224 e. The average Bonchev–Trinajstić information content (AvgIpc) is 2.39. The number of primary amides is 1. The summed E-state index contributed by atoms with van der Waals surface area (Å²) in [5.41, 5.74) is 6.40. The van der Waals surface area contributed by atoms with E-state index < -0.39 is 0 Å². The lowest BCUT2D eigenvalue weighted by atomic mass is 9.97. The molecule has 1 amide bonds. The number of carbonyl (C=O) groups excluding carboxylic acids is 1. The summed E-state index contributed by atoms with van der Waals surface area (Å²) in [6.45, 7) is 3.53. The van der Waals surface area contributed by atoms with Crippen LogP contribution in [0.1, 0.15) is 18.4 Å². The van der Waals surface area contributed by atoms with Crippen LogP contribution < -0.4 is 16.0 Å². The summed E-state index contributed by atoms with van der Waals surface area (Å²) in [6.07, 6.45) is 3.63. The second-order valence-corrected chi connectivity index (χ2v) is 4.64. The van der Waals surface area contributed by atoms with Crippen molar-refractivity contribution in [1.29, 1.82) is 0 Å². The van der Waals surface area contributed by atoms with Gasteiger partial charge in [0, 0.05) is 31.9 Å². The van der Waals surface area contributed by atoms with Crippen LogP contribution in [0, 0.1) is 12.8 Å². The number of anilines is 2. The van der Waals surface area contributed by atoms with Gasteiger partial charge in [0.15, 0.2) is 0 Å². The molecule has 1 aromatic rings. The Bertz CT molecular complexity index is 448. The number of nitrogens with two attached hydrogens (primary N) is 1. The maximum absolute atomic E-state index is 11.3. The minimum Gasteiger partial charge on any atom is -0.369 e. The first-order chi connectivity index (χ1) is 8.61. The third kappa shape index (κ3) is 2.52. The molecular formula is C12H19N5O. The van der Waals surface area contributed by atoms with Gasteiger partial charge in [0.05, 0.1) is 5.92 Å². The standard InChI is InChI=1S/C12H19N5O/c1-8-6-15-12(14-2)16-11(8)17-5-3-4-9(7-17)10(13)18/h6,9H,3-5,7H2,1-2H3,(H2,13,18)(H,14,15,16). The molecule has 0 spiro atoms. The van der Waals surface area contributed by atoms with E-state index in [2.05, 4.69) is 20.2 Å². The third-order valence-electron chi connectivity index (χ3n) is 3.29. The van der Waals surface area contributed by atoms with Gasteiger partial charge in [-0.05, 0) is 19.8 Å². The van der Waals surface area contributed by atoms with Crippen molar-refractivity contribution < 1.29 is 4.79 Å². The van der Waals surface area contributed by atoms with Crippen LogP contribution in [-0.2, 0) is 4.79 Å². The van der Waals surface area contributed by atoms with Crippen molar-refractivity contribution >= 4 is 17.7 Å². The quantitative estimate of drug-likeness (QED) is 0.816. The summed E-state index contributed by atoms with van der Waals surface area (Å²) in [6, 6.07) is 0. The first kappa shape index (κ1) is 12.6. The van der Waals surface area contributed by atoms with E-state index in [1.54, 1.807) is 13.2 Å². The highest BCUT2D eigenvalue weighted by atomic mass is 16.1. The number of rotatable bonds is 3. The zero-order chi connectivity index (χ0) is 13.1. The number of nitrogens with zero attached hydrogens (tertiary/aromatic N) is 3. The molecule has 0 radical (unpaired) electrons. The molecule has 2 rings (SSSR count). The van der Waals surface area contributed by atoms with Crippen molar-refractivity contribution in [3.8, 4) is 0 Å². The van der Waals surface area contributed by atoms with Gasteiger partial charge in [-0.1, -0.05) is 0 Å². The van der Waals surface area contributed by atoms with E-state index in [9.17, 15) is 4.79 Å². The van der Waals surface area contributed by atoms with E-state index in [-0.39, 0.29) is 11.8 Å². The summed E-state index contributed by atoms with van der Waals surface area (Å²) < 4.78 is 0. The molecule has 1 fully saturated rings. The number of piperidine rings is 1. The third-order valence-corrected chi connectivity index (χ3v) is 3.29. The normalized spacial score (nSPS) is 19.7. The Balaban J connectivity index is 2.22. The highest BCUT2D eigenvalue weighted by molar-refractivity contribution is 5.77. The highest BCUT2D eigenvalue weighted by Gasteiger charge is 2.25. The van der Waals surface area contributed by atoms with Crippen molar-refractivity contribution in [2.24, 2.45) is 11.7 Å². The Hall–Kier alpha value is -1.85. The van der Waals surface area contributed by atoms with Crippen molar-refractivity contribution in [3.63, 3.8) is 0 Å². The Labute approximate surface area is 107 Å². The Morgan fingerprint density at radius 3 is 3.06 bits per heavy atom. The van der Waals surface area contributed by atoms with Crippen LogP contribution in [0.25, 0.3) is 0 Å². The van der Waals surface area contributed by atoms with E-state index in [0.29, 0.717) is 12.5 Å². The van der Waals surface area contributed by atoms with E-state index >= 15 is 0 Å². The second-order valence-electron chi connectivity index (χ2n) is 4.64. The molecule has 3 N–H and O–H groups in total. The van der Waals surface area contributed by atoms with Gasteiger partial charge in [-0.3, -0.25) is 4.79 Å². The average molecular weight is 249 g/mol. The first-order valence-corrected chi connectivity index (χ1v) is 6.17. The number of hydrogen-bond acceptors (Lipinski definition) is 5. The zero-order valence-corrected chi connectivity index (χ0v) is 10.8. The number of aromatic nitrogens is 2. The van der Waals surface area contributed by atoms with Crippen LogP contribution in [0.3, 0.4) is 0 Å². The minimum atomic E-state index is -0.222. The van der Waals surface area contributed by atoms with E-state index in [0.717, 1.165) is 30.8 Å². The number of nitrogens with one attached hydrogen (secondary N) is 1. The maximum atomic E-state index is 11.3. The highest BCUT2D eigenvalue weighted by Crippen LogP contribution is 2.24. The summed E-state index contributed by atoms with van der Waals surface area (Å²) in [4.78, 5) is 22.0. The lowest BCUT2D eigenvalue weighted by Crippen LogP contribution is -2.41. The molecule has 18 heavy (non-hydrogen) atoms. The fraction of sp³-hybridized carbons (Fsp3) is 0.583. The van der Waals surface area contributed by atoms with Gasteiger partial charge in [-0.15, -0.1) is 0 Å². The molecular weight excluding hydrogens is 230 g/mol. The van der Waals surface area contributed by atoms with Gasteiger partial charge in [0.2, 0.25) is 11.9 Å². The van der Waals surface area contributed by atoms with Crippen LogP contribution >= 0.6 is 0 Å². The summed E-state index contributed by atoms with van der Waals surface area (Å²) in [5, 5.41) is 2.93. The van der Waals surface area contributed by atoms with Gasteiger partial charge < -0.3 is 16.0 Å². The number of amides is 1. The minimum absolute atomic E-state index is 0.0776. The molecule has 0 aromatic carbocycles. The fourth-order valence-electron chi connectivity index (χ4n) is 2.28. The molecule has 0 aliphatic carbocycles. The lowest BCUT2D eigenvalue weighted by Gasteiger charge is -2.32. The molecule has 6 heteroatoms. The summed E-state index contributed by atoms with van der Waals surface area (Å²) >= 11 is 0. The Morgan fingerprint density at radius 1 is 1.61 bits per heavy atom. The second kappa shape index (κ2) is 5.20. The summed E-state index contributed by atoms with van der Waals surface area (Å²) in [5.74, 6) is 1.18. The van der Waals surface area contributed by atoms with Crippen LogP contribution in [0.5, 0.6) is 0 Å². The molecule has 6 nitrogen and oxygen atoms in total. The molecule has 0 bridgehead atoms. The van der Waals surface area contributed by atoms with Crippen molar-refractivity contribution in [2.75, 3.05) is 30.4 Å². The maximum Gasteiger partial charge on any atom is 0.224 e.